The van der Waals surface area contributed by atoms with Gasteiger partial charge < -0.3 is 15.0 Å². The van der Waals surface area contributed by atoms with Crippen molar-refractivity contribution >= 4 is 27.7 Å². The molecule has 6 heteroatoms. The van der Waals surface area contributed by atoms with Gasteiger partial charge in [-0.1, -0.05) is 41.1 Å². The molecule has 0 aliphatic rings. The number of hydrogen-bond donors (Lipinski definition) is 1. The SMILES string of the molecule is CCC(C)NC(=O)C(C)N(Cc1ccc(Br)cc1)C(=O)COc1ccc(C)c(C)c1. The molecule has 2 rings (SSSR count). The number of rotatable bonds is 9. The highest BCUT2D eigenvalue weighted by Gasteiger charge is 2.27. The van der Waals surface area contributed by atoms with Crippen molar-refractivity contribution in [2.45, 2.75) is 59.7 Å². The number of nitrogens with zero attached hydrogens (tertiary/aromatic N) is 1. The van der Waals surface area contributed by atoms with Gasteiger partial charge in [0.2, 0.25) is 5.91 Å². The van der Waals surface area contributed by atoms with Gasteiger partial charge in [-0.25, -0.2) is 0 Å². The van der Waals surface area contributed by atoms with Gasteiger partial charge in [-0.05, 0) is 75.1 Å². The van der Waals surface area contributed by atoms with E-state index < -0.39 is 6.04 Å². The van der Waals surface area contributed by atoms with Crippen molar-refractivity contribution in [3.63, 3.8) is 0 Å². The van der Waals surface area contributed by atoms with Gasteiger partial charge >= 0.3 is 0 Å². The lowest BCUT2D eigenvalue weighted by Gasteiger charge is -2.29. The number of carbonyl (C=O) groups excluding carboxylic acids is 2. The fourth-order valence-electron chi connectivity index (χ4n) is 2.87. The number of ether oxygens (including phenoxy) is 1. The fraction of sp³-hybridized carbons (Fsp3) is 0.417. The van der Waals surface area contributed by atoms with Crippen molar-refractivity contribution in [3.8, 4) is 5.75 Å². The molecule has 2 aromatic rings. The Balaban J connectivity index is 2.15. The Morgan fingerprint density at radius 2 is 1.73 bits per heavy atom. The Labute approximate surface area is 187 Å². The summed E-state index contributed by atoms with van der Waals surface area (Å²) in [6, 6.07) is 12.9. The van der Waals surface area contributed by atoms with Crippen LogP contribution in [-0.4, -0.2) is 35.4 Å². The Kier molecular flexibility index (Phi) is 8.90. The van der Waals surface area contributed by atoms with Crippen LogP contribution in [0.3, 0.4) is 0 Å². The van der Waals surface area contributed by atoms with E-state index in [-0.39, 0.29) is 24.5 Å². The quantitative estimate of drug-likeness (QED) is 0.568. The number of benzene rings is 2. The second-order valence-electron chi connectivity index (χ2n) is 7.68. The van der Waals surface area contributed by atoms with Crippen LogP contribution in [0.25, 0.3) is 0 Å². The summed E-state index contributed by atoms with van der Waals surface area (Å²) < 4.78 is 6.71. The predicted molar refractivity (Wildman–Crippen MR) is 123 cm³/mol. The Morgan fingerprint density at radius 3 is 2.33 bits per heavy atom. The maximum absolute atomic E-state index is 13.1. The highest BCUT2D eigenvalue weighted by Crippen LogP contribution is 2.18. The molecule has 0 heterocycles. The lowest BCUT2D eigenvalue weighted by Crippen LogP contribution is -2.50. The molecule has 0 bridgehead atoms. The molecule has 0 aliphatic heterocycles. The van der Waals surface area contributed by atoms with E-state index in [1.54, 1.807) is 11.8 Å². The number of halogens is 1. The first-order valence-corrected chi connectivity index (χ1v) is 11.0. The van der Waals surface area contributed by atoms with Crippen LogP contribution < -0.4 is 10.1 Å². The van der Waals surface area contributed by atoms with E-state index in [9.17, 15) is 9.59 Å². The number of carbonyl (C=O) groups is 2. The zero-order valence-electron chi connectivity index (χ0n) is 18.4. The highest BCUT2D eigenvalue weighted by atomic mass is 79.9. The normalized spacial score (nSPS) is 12.7. The van der Waals surface area contributed by atoms with E-state index in [4.69, 9.17) is 4.74 Å². The first kappa shape index (κ1) is 23.9. The lowest BCUT2D eigenvalue weighted by atomic mass is 10.1. The van der Waals surface area contributed by atoms with Gasteiger partial charge in [0.1, 0.15) is 11.8 Å². The molecule has 2 unspecified atom stereocenters. The summed E-state index contributed by atoms with van der Waals surface area (Å²) in [5.41, 5.74) is 3.22. The third-order valence-electron chi connectivity index (χ3n) is 5.28. The Morgan fingerprint density at radius 1 is 1.07 bits per heavy atom. The first-order chi connectivity index (χ1) is 14.2. The van der Waals surface area contributed by atoms with E-state index >= 15 is 0 Å². The Hall–Kier alpha value is -2.34. The molecule has 0 aromatic heterocycles. The van der Waals surface area contributed by atoms with E-state index in [0.717, 1.165) is 22.0 Å². The molecule has 0 spiro atoms. The number of amides is 2. The van der Waals surface area contributed by atoms with Gasteiger partial charge in [-0.3, -0.25) is 9.59 Å². The third kappa shape index (κ3) is 6.87. The second kappa shape index (κ2) is 11.2. The summed E-state index contributed by atoms with van der Waals surface area (Å²) in [7, 11) is 0. The molecule has 0 radical (unpaired) electrons. The molecule has 1 N–H and O–H groups in total. The van der Waals surface area contributed by atoms with Crippen LogP contribution in [-0.2, 0) is 16.1 Å². The van der Waals surface area contributed by atoms with E-state index in [1.807, 2.05) is 70.2 Å². The number of hydrogen-bond acceptors (Lipinski definition) is 3. The van der Waals surface area contributed by atoms with Crippen LogP contribution in [0, 0.1) is 13.8 Å². The topological polar surface area (TPSA) is 58.6 Å². The molecule has 0 saturated heterocycles. The maximum Gasteiger partial charge on any atom is 0.261 e. The largest absolute Gasteiger partial charge is 0.484 e. The van der Waals surface area contributed by atoms with E-state index in [0.29, 0.717) is 12.3 Å². The van der Waals surface area contributed by atoms with Crippen LogP contribution in [0.15, 0.2) is 46.9 Å². The van der Waals surface area contributed by atoms with Crippen molar-refractivity contribution in [1.29, 1.82) is 0 Å². The molecule has 0 fully saturated rings. The van der Waals surface area contributed by atoms with Gasteiger partial charge in [0.05, 0.1) is 0 Å². The van der Waals surface area contributed by atoms with Crippen molar-refractivity contribution in [2.24, 2.45) is 0 Å². The average molecular weight is 475 g/mol. The van der Waals surface area contributed by atoms with Gasteiger partial charge in [-0.2, -0.15) is 0 Å². The molecule has 0 aliphatic carbocycles. The van der Waals surface area contributed by atoms with Gasteiger partial charge in [0.25, 0.3) is 5.91 Å². The second-order valence-corrected chi connectivity index (χ2v) is 8.59. The number of aryl methyl sites for hydroxylation is 2. The van der Waals surface area contributed by atoms with Crippen LogP contribution in [0.4, 0.5) is 0 Å². The Bertz CT molecular complexity index is 867. The van der Waals surface area contributed by atoms with Gasteiger partial charge in [-0.15, -0.1) is 0 Å². The summed E-state index contributed by atoms with van der Waals surface area (Å²) in [4.78, 5) is 27.3. The third-order valence-corrected chi connectivity index (χ3v) is 5.80. The summed E-state index contributed by atoms with van der Waals surface area (Å²) in [6.45, 7) is 9.96. The van der Waals surface area contributed by atoms with Gasteiger partial charge in [0.15, 0.2) is 6.61 Å². The average Bonchev–Trinajstić information content (AvgIpc) is 2.73. The van der Waals surface area contributed by atoms with Crippen molar-refractivity contribution in [1.82, 2.24) is 10.2 Å². The molecular formula is C24H31BrN2O3. The minimum atomic E-state index is -0.612. The van der Waals surface area contributed by atoms with Crippen LogP contribution in [0.5, 0.6) is 5.75 Å². The monoisotopic (exact) mass is 474 g/mol. The molecule has 2 aromatic carbocycles. The summed E-state index contributed by atoms with van der Waals surface area (Å²) in [6.07, 6.45) is 0.828. The predicted octanol–water partition coefficient (Wildman–Crippen LogP) is 4.78. The number of nitrogens with one attached hydrogen (secondary N) is 1. The molecule has 2 atom stereocenters. The lowest BCUT2D eigenvalue weighted by molar-refractivity contribution is -0.142. The van der Waals surface area contributed by atoms with Crippen molar-refractivity contribution in [3.05, 3.63) is 63.6 Å². The summed E-state index contributed by atoms with van der Waals surface area (Å²) >= 11 is 3.42. The highest BCUT2D eigenvalue weighted by molar-refractivity contribution is 9.10. The molecule has 30 heavy (non-hydrogen) atoms. The van der Waals surface area contributed by atoms with Crippen LogP contribution in [0.2, 0.25) is 0 Å². The van der Waals surface area contributed by atoms with Crippen molar-refractivity contribution in [2.75, 3.05) is 6.61 Å². The summed E-state index contributed by atoms with van der Waals surface area (Å²) in [5.74, 6) is 0.246. The first-order valence-electron chi connectivity index (χ1n) is 10.3. The standard InChI is InChI=1S/C24H31BrN2O3/c1-6-18(4)26-24(29)19(5)27(14-20-8-10-21(25)11-9-20)23(28)15-30-22-12-7-16(2)17(3)13-22/h7-13,18-19H,6,14-15H2,1-5H3,(H,26,29). The molecule has 2 amide bonds. The van der Waals surface area contributed by atoms with Gasteiger partial charge in [0, 0.05) is 17.1 Å². The molecule has 162 valence electrons. The minimum Gasteiger partial charge on any atom is -0.484 e. The van der Waals surface area contributed by atoms with Crippen LogP contribution >= 0.6 is 15.9 Å². The molecular weight excluding hydrogens is 444 g/mol. The smallest absolute Gasteiger partial charge is 0.261 e. The van der Waals surface area contributed by atoms with E-state index in [2.05, 4.69) is 21.2 Å². The maximum atomic E-state index is 13.1. The van der Waals surface area contributed by atoms with Crippen molar-refractivity contribution < 1.29 is 14.3 Å². The van der Waals surface area contributed by atoms with E-state index in [1.165, 1.54) is 5.56 Å². The zero-order valence-corrected chi connectivity index (χ0v) is 20.0. The molecule has 5 nitrogen and oxygen atoms in total. The fourth-order valence-corrected chi connectivity index (χ4v) is 3.13. The minimum absolute atomic E-state index is 0.0522. The van der Waals surface area contributed by atoms with Crippen LogP contribution in [0.1, 0.15) is 43.9 Å². The molecule has 0 saturated carbocycles. The zero-order chi connectivity index (χ0) is 22.3. The summed E-state index contributed by atoms with van der Waals surface area (Å²) in [5, 5.41) is 2.97.